The van der Waals surface area contributed by atoms with Crippen LogP contribution in [0.4, 0.5) is 11.6 Å². The van der Waals surface area contributed by atoms with Gasteiger partial charge in [0.1, 0.15) is 12.1 Å². The molecule has 0 aliphatic carbocycles. The van der Waals surface area contributed by atoms with E-state index in [1.54, 1.807) is 18.2 Å². The number of carbonyl (C=O) groups excluding carboxylic acids is 1. The van der Waals surface area contributed by atoms with Crippen LogP contribution < -0.4 is 14.8 Å². The van der Waals surface area contributed by atoms with Crippen LogP contribution in [0.15, 0.2) is 24.5 Å². The fraction of sp³-hybridized carbons (Fsp3) is 0.188. The van der Waals surface area contributed by atoms with Gasteiger partial charge >= 0.3 is 11.9 Å². The van der Waals surface area contributed by atoms with Gasteiger partial charge in [-0.1, -0.05) is 0 Å². The SMILES string of the molecule is COc1cc2ncnc(Nc3cc(CC(=O)O)[nH]n3)c2cc1OC(C)=O. The second-order valence-electron chi connectivity index (χ2n) is 5.31. The Kier molecular flexibility index (Phi) is 4.65. The number of aromatic nitrogens is 4. The highest BCUT2D eigenvalue weighted by Gasteiger charge is 2.14. The van der Waals surface area contributed by atoms with E-state index in [9.17, 15) is 9.59 Å². The molecule has 0 amide bonds. The molecule has 3 aromatic rings. The monoisotopic (exact) mass is 357 g/mol. The van der Waals surface area contributed by atoms with Crippen molar-refractivity contribution in [2.24, 2.45) is 0 Å². The lowest BCUT2D eigenvalue weighted by molar-refractivity contribution is -0.136. The third kappa shape index (κ3) is 3.69. The predicted octanol–water partition coefficient (Wildman–Crippen LogP) is 1.66. The molecule has 0 atom stereocenters. The number of H-pyrrole nitrogens is 1. The number of fused-ring (bicyclic) bond motifs is 1. The Bertz CT molecular complexity index is 984. The number of carboxylic acids is 1. The predicted molar refractivity (Wildman–Crippen MR) is 90.6 cm³/mol. The van der Waals surface area contributed by atoms with Crippen molar-refractivity contribution in [3.8, 4) is 11.5 Å². The number of carbonyl (C=O) groups is 2. The van der Waals surface area contributed by atoms with Gasteiger partial charge in [-0.15, -0.1) is 0 Å². The van der Waals surface area contributed by atoms with E-state index >= 15 is 0 Å². The smallest absolute Gasteiger partial charge is 0.309 e. The molecule has 2 heterocycles. The molecule has 3 N–H and O–H groups in total. The molecule has 0 saturated heterocycles. The Hall–Kier alpha value is -3.69. The molecule has 26 heavy (non-hydrogen) atoms. The van der Waals surface area contributed by atoms with E-state index < -0.39 is 11.9 Å². The lowest BCUT2D eigenvalue weighted by Gasteiger charge is -2.11. The molecular formula is C16H15N5O5. The van der Waals surface area contributed by atoms with Crippen molar-refractivity contribution < 1.29 is 24.2 Å². The number of hydrogen-bond acceptors (Lipinski definition) is 8. The third-order valence-corrected chi connectivity index (χ3v) is 3.39. The van der Waals surface area contributed by atoms with Crippen LogP contribution in [0.2, 0.25) is 0 Å². The van der Waals surface area contributed by atoms with Gasteiger partial charge in [-0.2, -0.15) is 5.10 Å². The van der Waals surface area contributed by atoms with Crippen molar-refractivity contribution in [1.82, 2.24) is 20.2 Å². The zero-order chi connectivity index (χ0) is 18.7. The molecule has 0 fully saturated rings. The van der Waals surface area contributed by atoms with Crippen LogP contribution in [0.3, 0.4) is 0 Å². The van der Waals surface area contributed by atoms with E-state index in [1.165, 1.54) is 20.4 Å². The van der Waals surface area contributed by atoms with Gasteiger partial charge < -0.3 is 19.9 Å². The Morgan fingerprint density at radius 1 is 1.23 bits per heavy atom. The number of carboxylic acid groups (broad SMARTS) is 1. The number of aromatic amines is 1. The molecule has 0 saturated carbocycles. The second-order valence-corrected chi connectivity index (χ2v) is 5.31. The molecule has 10 heteroatoms. The van der Waals surface area contributed by atoms with Gasteiger partial charge in [0.05, 0.1) is 19.0 Å². The van der Waals surface area contributed by atoms with Crippen LogP contribution in [-0.2, 0) is 16.0 Å². The minimum atomic E-state index is -0.967. The minimum absolute atomic E-state index is 0.174. The summed E-state index contributed by atoms with van der Waals surface area (Å²) in [6.45, 7) is 1.29. The summed E-state index contributed by atoms with van der Waals surface area (Å²) in [6, 6.07) is 4.78. The van der Waals surface area contributed by atoms with Gasteiger partial charge in [-0.05, 0) is 6.07 Å². The number of anilines is 2. The molecule has 134 valence electrons. The lowest BCUT2D eigenvalue weighted by atomic mass is 10.2. The summed E-state index contributed by atoms with van der Waals surface area (Å²) in [4.78, 5) is 30.4. The topological polar surface area (TPSA) is 139 Å². The number of nitrogens with zero attached hydrogens (tertiary/aromatic N) is 3. The first-order chi connectivity index (χ1) is 12.5. The highest BCUT2D eigenvalue weighted by molar-refractivity contribution is 5.93. The number of esters is 1. The Balaban J connectivity index is 1.98. The van der Waals surface area contributed by atoms with Gasteiger partial charge in [0.25, 0.3) is 0 Å². The number of rotatable bonds is 6. The molecule has 0 bridgehead atoms. The van der Waals surface area contributed by atoms with Crippen molar-refractivity contribution >= 4 is 34.5 Å². The minimum Gasteiger partial charge on any atom is -0.493 e. The summed E-state index contributed by atoms with van der Waals surface area (Å²) in [6.07, 6.45) is 1.19. The number of methoxy groups -OCH3 is 1. The molecule has 0 spiro atoms. The number of ether oxygens (including phenoxy) is 2. The zero-order valence-electron chi connectivity index (χ0n) is 13.9. The van der Waals surface area contributed by atoms with E-state index in [0.29, 0.717) is 34.0 Å². The lowest BCUT2D eigenvalue weighted by Crippen LogP contribution is -2.04. The fourth-order valence-corrected chi connectivity index (χ4v) is 2.36. The van der Waals surface area contributed by atoms with E-state index in [1.807, 2.05) is 0 Å². The van der Waals surface area contributed by atoms with Crippen molar-refractivity contribution in [3.63, 3.8) is 0 Å². The van der Waals surface area contributed by atoms with Gasteiger partial charge in [0, 0.05) is 30.1 Å². The molecule has 0 radical (unpaired) electrons. The number of aliphatic carboxylic acids is 1. The molecule has 2 aromatic heterocycles. The molecule has 0 unspecified atom stereocenters. The second kappa shape index (κ2) is 7.05. The van der Waals surface area contributed by atoms with Gasteiger partial charge in [0.2, 0.25) is 0 Å². The van der Waals surface area contributed by atoms with Gasteiger partial charge in [-0.3, -0.25) is 14.7 Å². The van der Waals surface area contributed by atoms with Crippen LogP contribution in [0.5, 0.6) is 11.5 Å². The average Bonchev–Trinajstić information content (AvgIpc) is 3.00. The first-order valence-corrected chi connectivity index (χ1v) is 7.50. The maximum atomic E-state index is 11.3. The Labute approximate surface area is 147 Å². The van der Waals surface area contributed by atoms with E-state index in [4.69, 9.17) is 14.6 Å². The summed E-state index contributed by atoms with van der Waals surface area (Å²) in [7, 11) is 1.46. The zero-order valence-corrected chi connectivity index (χ0v) is 13.9. The largest absolute Gasteiger partial charge is 0.493 e. The summed E-state index contributed by atoms with van der Waals surface area (Å²) in [5.74, 6) is -0.0456. The van der Waals surface area contributed by atoms with Crippen LogP contribution in [0.25, 0.3) is 10.9 Å². The first-order valence-electron chi connectivity index (χ1n) is 7.50. The normalized spacial score (nSPS) is 10.5. The van der Waals surface area contributed by atoms with E-state index in [0.717, 1.165) is 0 Å². The third-order valence-electron chi connectivity index (χ3n) is 3.39. The summed E-state index contributed by atoms with van der Waals surface area (Å²) in [5.41, 5.74) is 1.01. The van der Waals surface area contributed by atoms with E-state index in [2.05, 4.69) is 25.5 Å². The standard InChI is InChI=1S/C16H15N5O5/c1-8(22)26-13-5-10-11(6-12(13)25-2)17-7-18-16(10)19-14-3-9(20-21-14)4-15(23)24/h3,5-7H,4H2,1-2H3,(H,23,24)(H2,17,18,19,20,21). The van der Waals surface area contributed by atoms with Crippen molar-refractivity contribution in [2.75, 3.05) is 12.4 Å². The highest BCUT2D eigenvalue weighted by Crippen LogP contribution is 2.34. The summed E-state index contributed by atoms with van der Waals surface area (Å²) < 4.78 is 10.4. The fourth-order valence-electron chi connectivity index (χ4n) is 2.36. The first kappa shape index (κ1) is 17.1. The highest BCUT2D eigenvalue weighted by atomic mass is 16.6. The maximum absolute atomic E-state index is 11.3. The van der Waals surface area contributed by atoms with Gasteiger partial charge in [-0.25, -0.2) is 9.97 Å². The molecular weight excluding hydrogens is 342 g/mol. The number of hydrogen-bond donors (Lipinski definition) is 3. The van der Waals surface area contributed by atoms with Crippen molar-refractivity contribution in [1.29, 1.82) is 0 Å². The van der Waals surface area contributed by atoms with Crippen molar-refractivity contribution in [2.45, 2.75) is 13.3 Å². The average molecular weight is 357 g/mol. The molecule has 1 aromatic carbocycles. The van der Waals surface area contributed by atoms with E-state index in [-0.39, 0.29) is 12.2 Å². The summed E-state index contributed by atoms with van der Waals surface area (Å²) >= 11 is 0. The quantitative estimate of drug-likeness (QED) is 0.444. The molecule has 3 rings (SSSR count). The Morgan fingerprint density at radius 3 is 2.73 bits per heavy atom. The molecule has 0 aliphatic rings. The van der Waals surface area contributed by atoms with Crippen LogP contribution in [-0.4, -0.2) is 44.3 Å². The summed E-state index contributed by atoms with van der Waals surface area (Å²) in [5, 5.41) is 19.0. The molecule has 10 nitrogen and oxygen atoms in total. The van der Waals surface area contributed by atoms with Gasteiger partial charge in [0.15, 0.2) is 17.3 Å². The van der Waals surface area contributed by atoms with Crippen LogP contribution >= 0.6 is 0 Å². The molecule has 0 aliphatic heterocycles. The Morgan fingerprint density at radius 2 is 2.04 bits per heavy atom. The van der Waals surface area contributed by atoms with Crippen molar-refractivity contribution in [3.05, 3.63) is 30.2 Å². The maximum Gasteiger partial charge on any atom is 0.309 e. The number of benzene rings is 1. The van der Waals surface area contributed by atoms with Crippen LogP contribution in [0, 0.1) is 0 Å². The number of nitrogens with one attached hydrogen (secondary N) is 2. The van der Waals surface area contributed by atoms with Crippen LogP contribution in [0.1, 0.15) is 12.6 Å².